The van der Waals surface area contributed by atoms with Crippen LogP contribution in [0.25, 0.3) is 0 Å². The van der Waals surface area contributed by atoms with Crippen molar-refractivity contribution in [3.8, 4) is 0 Å². The molecular formula is CH4O3S2. The first-order chi connectivity index (χ1) is 2.73. The van der Waals surface area contributed by atoms with E-state index in [4.69, 9.17) is 15.0 Å². The van der Waals surface area contributed by atoms with Crippen LogP contribution in [0.15, 0.2) is 0 Å². The molecule has 0 aliphatic heterocycles. The van der Waals surface area contributed by atoms with Crippen molar-refractivity contribution in [2.45, 2.75) is 0 Å². The smallest absolute Gasteiger partial charge is 0.450 e. The average Bonchev–Trinajstić information content (AvgIpc) is 1.41. The maximum absolute atomic E-state index is 8.56. The molecule has 0 aromatic rings. The van der Waals surface area contributed by atoms with Gasteiger partial charge in [0.15, 0.2) is 0 Å². The minimum atomic E-state index is -1.83. The van der Waals surface area contributed by atoms with Gasteiger partial charge in [-0.25, -0.2) is 4.79 Å². The molecule has 2 N–H and O–H groups in total. The normalized spacial score (nSPS) is 5.00. The highest BCUT2D eigenvalue weighted by Gasteiger charge is 1.70. The standard InChI is InChI=1S/CH2O3.H2S2/c2-1(3)4;1-2/h(H2,2,3,4);1-2H. The van der Waals surface area contributed by atoms with Gasteiger partial charge in [0.05, 0.1) is 0 Å². The van der Waals surface area contributed by atoms with Crippen molar-refractivity contribution in [1.82, 2.24) is 0 Å². The Kier molecular flexibility index (Phi) is 13.8. The molecule has 0 aromatic carbocycles. The van der Waals surface area contributed by atoms with E-state index in [1.54, 1.807) is 0 Å². The van der Waals surface area contributed by atoms with Crippen LogP contribution in [-0.4, -0.2) is 16.4 Å². The Morgan fingerprint density at radius 2 is 1.33 bits per heavy atom. The van der Waals surface area contributed by atoms with Crippen LogP contribution in [0.4, 0.5) is 4.79 Å². The highest BCUT2D eigenvalue weighted by Crippen LogP contribution is 1.65. The lowest BCUT2D eigenvalue weighted by molar-refractivity contribution is 0.137. The van der Waals surface area contributed by atoms with Crippen LogP contribution in [-0.2, 0) is 0 Å². The summed E-state index contributed by atoms with van der Waals surface area (Å²) in [5, 5.41) is 13.9. The molecule has 6 heavy (non-hydrogen) atoms. The van der Waals surface area contributed by atoms with Gasteiger partial charge in [0.25, 0.3) is 0 Å². The fourth-order valence-electron chi connectivity index (χ4n) is 0. The number of hydrogen-bond acceptors (Lipinski definition) is 3. The number of thiol groups is 2. The molecule has 0 heterocycles. The van der Waals surface area contributed by atoms with Gasteiger partial charge in [0.2, 0.25) is 0 Å². The van der Waals surface area contributed by atoms with E-state index in [0.29, 0.717) is 0 Å². The minimum Gasteiger partial charge on any atom is -0.450 e. The lowest BCUT2D eigenvalue weighted by Crippen LogP contribution is -1.81. The molecule has 0 amide bonds. The van der Waals surface area contributed by atoms with Crippen LogP contribution in [0.1, 0.15) is 0 Å². The van der Waals surface area contributed by atoms with Crippen molar-refractivity contribution in [2.24, 2.45) is 0 Å². The molecule has 0 saturated carbocycles. The van der Waals surface area contributed by atoms with E-state index >= 15 is 0 Å². The van der Waals surface area contributed by atoms with Crippen molar-refractivity contribution in [3.63, 3.8) is 0 Å². The van der Waals surface area contributed by atoms with Gasteiger partial charge in [0.1, 0.15) is 0 Å². The Morgan fingerprint density at radius 1 is 1.33 bits per heavy atom. The fourth-order valence-corrected chi connectivity index (χ4v) is 0. The second-order valence-corrected chi connectivity index (χ2v) is 0.283. The third kappa shape index (κ3) is 38900. The molecular weight excluding hydrogens is 124 g/mol. The molecule has 0 saturated heterocycles. The summed E-state index contributed by atoms with van der Waals surface area (Å²) in [4.78, 5) is 8.56. The van der Waals surface area contributed by atoms with E-state index < -0.39 is 6.16 Å². The zero-order chi connectivity index (χ0) is 5.58. The third-order valence-corrected chi connectivity index (χ3v) is 0. The fraction of sp³-hybridized carbons (Fsp3) is 0. The first-order valence-corrected chi connectivity index (χ1v) is 2.45. The summed E-state index contributed by atoms with van der Waals surface area (Å²) >= 11 is 6.44. The van der Waals surface area contributed by atoms with Crippen LogP contribution >= 0.6 is 23.3 Å². The Hall–Kier alpha value is -0.0300. The van der Waals surface area contributed by atoms with Gasteiger partial charge in [-0.05, 0) is 0 Å². The summed E-state index contributed by atoms with van der Waals surface area (Å²) in [7, 11) is 0. The van der Waals surface area contributed by atoms with E-state index in [9.17, 15) is 0 Å². The lowest BCUT2D eigenvalue weighted by Gasteiger charge is -1.60. The number of rotatable bonds is 0. The SMILES string of the molecule is O=C(O)O.SS. The highest BCUT2D eigenvalue weighted by atomic mass is 33.1. The first kappa shape index (κ1) is 9.36. The summed E-state index contributed by atoms with van der Waals surface area (Å²) in [6.07, 6.45) is -1.83. The van der Waals surface area contributed by atoms with Crippen LogP contribution in [0.3, 0.4) is 0 Å². The lowest BCUT2D eigenvalue weighted by atomic mass is 11.5. The second-order valence-electron chi connectivity index (χ2n) is 0.283. The van der Waals surface area contributed by atoms with E-state index in [2.05, 4.69) is 23.3 Å². The summed E-state index contributed by atoms with van der Waals surface area (Å²) in [6.45, 7) is 0. The molecule has 0 radical (unpaired) electrons. The average molecular weight is 128 g/mol. The quantitative estimate of drug-likeness (QED) is 0.290. The molecule has 0 atom stereocenters. The van der Waals surface area contributed by atoms with Gasteiger partial charge in [-0.2, -0.15) is 0 Å². The molecule has 3 nitrogen and oxygen atoms in total. The predicted molar refractivity (Wildman–Crippen MR) is 28.6 cm³/mol. The van der Waals surface area contributed by atoms with Crippen molar-refractivity contribution in [2.75, 3.05) is 0 Å². The largest absolute Gasteiger partial charge is 0.503 e. The van der Waals surface area contributed by atoms with E-state index in [1.165, 1.54) is 0 Å². The van der Waals surface area contributed by atoms with Gasteiger partial charge in [-0.1, -0.05) is 0 Å². The van der Waals surface area contributed by atoms with E-state index in [0.717, 1.165) is 0 Å². The molecule has 0 rings (SSSR count). The van der Waals surface area contributed by atoms with Crippen LogP contribution in [0.5, 0.6) is 0 Å². The van der Waals surface area contributed by atoms with Crippen molar-refractivity contribution < 1.29 is 15.0 Å². The van der Waals surface area contributed by atoms with Crippen molar-refractivity contribution in [3.05, 3.63) is 0 Å². The molecule has 5 heteroatoms. The molecule has 0 spiro atoms. The van der Waals surface area contributed by atoms with Gasteiger partial charge < -0.3 is 10.2 Å². The van der Waals surface area contributed by atoms with Crippen LogP contribution in [0, 0.1) is 0 Å². The molecule has 0 aliphatic carbocycles. The molecule has 0 bridgehead atoms. The summed E-state index contributed by atoms with van der Waals surface area (Å²) in [5.41, 5.74) is 0. The Balaban J connectivity index is 0. The third-order valence-electron chi connectivity index (χ3n) is 0. The van der Waals surface area contributed by atoms with Gasteiger partial charge in [-0.3, -0.25) is 0 Å². The molecule has 0 aromatic heterocycles. The first-order valence-electron chi connectivity index (χ1n) is 0.851. The number of hydrogen-bond donors (Lipinski definition) is 4. The second kappa shape index (κ2) is 8.88. The number of carboxylic acid groups (broad SMARTS) is 2. The zero-order valence-electron chi connectivity index (χ0n) is 2.70. The Morgan fingerprint density at radius 3 is 1.33 bits per heavy atom. The van der Waals surface area contributed by atoms with Crippen LogP contribution < -0.4 is 0 Å². The molecule has 0 aliphatic rings. The van der Waals surface area contributed by atoms with E-state index in [1.807, 2.05) is 0 Å². The maximum atomic E-state index is 8.56. The summed E-state index contributed by atoms with van der Waals surface area (Å²) < 4.78 is 0. The highest BCUT2D eigenvalue weighted by molar-refractivity contribution is 8.59. The monoisotopic (exact) mass is 128 g/mol. The minimum absolute atomic E-state index is 1.83. The molecule has 0 fully saturated rings. The van der Waals surface area contributed by atoms with Crippen LogP contribution in [0.2, 0.25) is 0 Å². The summed E-state index contributed by atoms with van der Waals surface area (Å²) in [6, 6.07) is 0. The van der Waals surface area contributed by atoms with Gasteiger partial charge in [0, 0.05) is 0 Å². The maximum Gasteiger partial charge on any atom is 0.503 e. The van der Waals surface area contributed by atoms with E-state index in [-0.39, 0.29) is 0 Å². The molecule has 38 valence electrons. The van der Waals surface area contributed by atoms with Crippen molar-refractivity contribution in [1.29, 1.82) is 0 Å². The van der Waals surface area contributed by atoms with Crippen molar-refractivity contribution >= 4 is 29.5 Å². The molecule has 0 unspecified atom stereocenters. The summed E-state index contributed by atoms with van der Waals surface area (Å²) in [5.74, 6) is 0. The number of carbonyl (C=O) groups is 1. The Labute approximate surface area is 45.2 Å². The van der Waals surface area contributed by atoms with Gasteiger partial charge >= 0.3 is 6.16 Å². The Bertz CT molecular complexity index is 31.8. The topological polar surface area (TPSA) is 57.5 Å². The predicted octanol–water partition coefficient (Wildman–Crippen LogP) is 0.983. The van der Waals surface area contributed by atoms with Gasteiger partial charge in [-0.15, -0.1) is 23.3 Å². The zero-order valence-corrected chi connectivity index (χ0v) is 4.49.